The maximum absolute atomic E-state index is 9.20. The predicted octanol–water partition coefficient (Wildman–Crippen LogP) is 4.97. The molecular weight excluding hydrogens is 296 g/mol. The van der Waals surface area contributed by atoms with Gasteiger partial charge in [0, 0.05) is 7.11 Å². The highest BCUT2D eigenvalue weighted by atomic mass is 16.5. The molecule has 0 unspecified atom stereocenters. The van der Waals surface area contributed by atoms with E-state index in [1.165, 1.54) is 16.7 Å². The van der Waals surface area contributed by atoms with Crippen molar-refractivity contribution in [2.75, 3.05) is 7.11 Å². The Labute approximate surface area is 143 Å². The van der Waals surface area contributed by atoms with E-state index < -0.39 is 0 Å². The Balaban J connectivity index is 2.01. The second-order valence-corrected chi connectivity index (χ2v) is 6.03. The molecule has 3 aromatic carbocycles. The summed E-state index contributed by atoms with van der Waals surface area (Å²) in [7, 11) is 1.72. The van der Waals surface area contributed by atoms with Crippen molar-refractivity contribution in [1.29, 1.82) is 0 Å². The summed E-state index contributed by atoms with van der Waals surface area (Å²) in [6.07, 6.45) is 0. The molecule has 0 aliphatic heterocycles. The molecule has 0 spiro atoms. The summed E-state index contributed by atoms with van der Waals surface area (Å²) in [6, 6.07) is 23.1. The number of hydrogen-bond acceptors (Lipinski definition) is 2. The molecular formula is C22H22O2. The summed E-state index contributed by atoms with van der Waals surface area (Å²) in [6.45, 7) is 2.73. The number of rotatable bonds is 5. The van der Waals surface area contributed by atoms with Crippen LogP contribution >= 0.6 is 0 Å². The Kier molecular flexibility index (Phi) is 5.09. The van der Waals surface area contributed by atoms with Crippen molar-refractivity contribution in [2.45, 2.75) is 20.1 Å². The van der Waals surface area contributed by atoms with Crippen LogP contribution in [0.5, 0.6) is 0 Å². The molecule has 2 nitrogen and oxygen atoms in total. The zero-order valence-corrected chi connectivity index (χ0v) is 14.1. The van der Waals surface area contributed by atoms with Crippen LogP contribution in [-0.2, 0) is 18.0 Å². The highest BCUT2D eigenvalue weighted by molar-refractivity contribution is 5.74. The van der Waals surface area contributed by atoms with Gasteiger partial charge in [0.2, 0.25) is 0 Å². The molecule has 0 amide bonds. The molecule has 0 heterocycles. The first-order chi connectivity index (χ1) is 11.7. The molecule has 0 atom stereocenters. The molecule has 0 saturated heterocycles. The van der Waals surface area contributed by atoms with Crippen molar-refractivity contribution < 1.29 is 9.84 Å². The molecule has 0 radical (unpaired) electrons. The lowest BCUT2D eigenvalue weighted by Crippen LogP contribution is -1.94. The van der Waals surface area contributed by atoms with E-state index in [-0.39, 0.29) is 6.61 Å². The Morgan fingerprint density at radius 1 is 0.792 bits per heavy atom. The SMILES string of the molecule is COCc1cc(-c2ccc(C)cc2)ccc1-c1ccc(CO)cc1. The normalized spacial score (nSPS) is 10.8. The number of hydrogen-bond donors (Lipinski definition) is 1. The van der Waals surface area contributed by atoms with Gasteiger partial charge in [0.1, 0.15) is 0 Å². The van der Waals surface area contributed by atoms with Crippen LogP contribution in [0.1, 0.15) is 16.7 Å². The summed E-state index contributed by atoms with van der Waals surface area (Å²) in [5.41, 5.74) is 8.04. The van der Waals surface area contributed by atoms with Gasteiger partial charge in [-0.3, -0.25) is 0 Å². The molecule has 122 valence electrons. The van der Waals surface area contributed by atoms with Gasteiger partial charge in [0.15, 0.2) is 0 Å². The van der Waals surface area contributed by atoms with Gasteiger partial charge in [-0.15, -0.1) is 0 Å². The van der Waals surface area contributed by atoms with Crippen molar-refractivity contribution in [2.24, 2.45) is 0 Å². The zero-order chi connectivity index (χ0) is 16.9. The summed E-state index contributed by atoms with van der Waals surface area (Å²) in [5, 5.41) is 9.20. The molecule has 0 aliphatic carbocycles. The highest BCUT2D eigenvalue weighted by Crippen LogP contribution is 2.30. The maximum atomic E-state index is 9.20. The lowest BCUT2D eigenvalue weighted by atomic mass is 9.94. The first-order valence-corrected chi connectivity index (χ1v) is 8.10. The van der Waals surface area contributed by atoms with Gasteiger partial charge >= 0.3 is 0 Å². The Hall–Kier alpha value is -2.42. The minimum Gasteiger partial charge on any atom is -0.392 e. The predicted molar refractivity (Wildman–Crippen MR) is 98.7 cm³/mol. The topological polar surface area (TPSA) is 29.5 Å². The van der Waals surface area contributed by atoms with Crippen LogP contribution in [-0.4, -0.2) is 12.2 Å². The monoisotopic (exact) mass is 318 g/mol. The summed E-state index contributed by atoms with van der Waals surface area (Å²) in [4.78, 5) is 0. The van der Waals surface area contributed by atoms with E-state index >= 15 is 0 Å². The second-order valence-electron chi connectivity index (χ2n) is 6.03. The smallest absolute Gasteiger partial charge is 0.0719 e. The van der Waals surface area contributed by atoms with Crippen LogP contribution in [0, 0.1) is 6.92 Å². The largest absolute Gasteiger partial charge is 0.392 e. The number of ether oxygens (including phenoxy) is 1. The molecule has 0 aliphatic rings. The summed E-state index contributed by atoms with van der Waals surface area (Å²) >= 11 is 0. The average molecular weight is 318 g/mol. The third-order valence-corrected chi connectivity index (χ3v) is 4.24. The number of aliphatic hydroxyl groups is 1. The molecule has 3 rings (SSSR count). The fraction of sp³-hybridized carbons (Fsp3) is 0.182. The van der Waals surface area contributed by atoms with Crippen LogP contribution in [0.25, 0.3) is 22.3 Å². The van der Waals surface area contributed by atoms with E-state index in [0.29, 0.717) is 6.61 Å². The number of aliphatic hydroxyl groups excluding tert-OH is 1. The second kappa shape index (κ2) is 7.43. The minimum absolute atomic E-state index is 0.0670. The summed E-state index contributed by atoms with van der Waals surface area (Å²) < 4.78 is 5.40. The van der Waals surface area contributed by atoms with Crippen molar-refractivity contribution in [3.05, 3.63) is 83.4 Å². The van der Waals surface area contributed by atoms with Crippen LogP contribution in [0.3, 0.4) is 0 Å². The zero-order valence-electron chi connectivity index (χ0n) is 14.1. The van der Waals surface area contributed by atoms with Crippen molar-refractivity contribution >= 4 is 0 Å². The lowest BCUT2D eigenvalue weighted by molar-refractivity contribution is 0.185. The van der Waals surface area contributed by atoms with E-state index in [9.17, 15) is 5.11 Å². The molecule has 0 bridgehead atoms. The lowest BCUT2D eigenvalue weighted by Gasteiger charge is -2.13. The van der Waals surface area contributed by atoms with E-state index in [1.807, 2.05) is 24.3 Å². The Bertz CT molecular complexity index is 802. The standard InChI is InChI=1S/C22H22O2/c1-16-3-7-18(8-4-16)20-11-12-22(21(13-20)15-24-2)19-9-5-17(14-23)6-10-19/h3-13,23H,14-15H2,1-2H3. The van der Waals surface area contributed by atoms with Crippen molar-refractivity contribution in [3.63, 3.8) is 0 Å². The van der Waals surface area contributed by atoms with Gasteiger partial charge in [-0.2, -0.15) is 0 Å². The van der Waals surface area contributed by atoms with E-state index in [4.69, 9.17) is 4.74 Å². The molecule has 0 aromatic heterocycles. The molecule has 24 heavy (non-hydrogen) atoms. The van der Waals surface area contributed by atoms with Gasteiger partial charge in [-0.05, 0) is 46.4 Å². The first-order valence-electron chi connectivity index (χ1n) is 8.10. The van der Waals surface area contributed by atoms with Crippen molar-refractivity contribution in [1.82, 2.24) is 0 Å². The third kappa shape index (κ3) is 3.56. The molecule has 2 heteroatoms. The quantitative estimate of drug-likeness (QED) is 0.720. The summed E-state index contributed by atoms with van der Waals surface area (Å²) in [5.74, 6) is 0. The molecule has 3 aromatic rings. The Morgan fingerprint density at radius 3 is 2.04 bits per heavy atom. The average Bonchev–Trinajstić information content (AvgIpc) is 2.63. The third-order valence-electron chi connectivity index (χ3n) is 4.24. The fourth-order valence-corrected chi connectivity index (χ4v) is 2.87. The first kappa shape index (κ1) is 16.4. The van der Waals surface area contributed by atoms with Gasteiger partial charge in [0.25, 0.3) is 0 Å². The van der Waals surface area contributed by atoms with Gasteiger partial charge in [-0.25, -0.2) is 0 Å². The van der Waals surface area contributed by atoms with Crippen molar-refractivity contribution in [3.8, 4) is 22.3 Å². The van der Waals surface area contributed by atoms with Crippen LogP contribution in [0.2, 0.25) is 0 Å². The van der Waals surface area contributed by atoms with Gasteiger partial charge in [-0.1, -0.05) is 66.2 Å². The van der Waals surface area contributed by atoms with Crippen LogP contribution < -0.4 is 0 Å². The minimum atomic E-state index is 0.0670. The number of benzene rings is 3. The molecule has 1 N–H and O–H groups in total. The maximum Gasteiger partial charge on any atom is 0.0719 e. The fourth-order valence-electron chi connectivity index (χ4n) is 2.87. The highest BCUT2D eigenvalue weighted by Gasteiger charge is 2.08. The number of methoxy groups -OCH3 is 1. The van der Waals surface area contributed by atoms with Crippen LogP contribution in [0.15, 0.2) is 66.7 Å². The van der Waals surface area contributed by atoms with Gasteiger partial charge < -0.3 is 9.84 Å². The van der Waals surface area contributed by atoms with Crippen LogP contribution in [0.4, 0.5) is 0 Å². The molecule has 0 fully saturated rings. The van der Waals surface area contributed by atoms with E-state index in [2.05, 4.69) is 49.4 Å². The number of aryl methyl sites for hydroxylation is 1. The molecule has 0 saturated carbocycles. The van der Waals surface area contributed by atoms with E-state index in [0.717, 1.165) is 22.3 Å². The Morgan fingerprint density at radius 2 is 1.42 bits per heavy atom. The van der Waals surface area contributed by atoms with E-state index in [1.54, 1.807) is 7.11 Å². The van der Waals surface area contributed by atoms with Gasteiger partial charge in [0.05, 0.1) is 13.2 Å².